The zero-order valence-corrected chi connectivity index (χ0v) is 18.2. The quantitative estimate of drug-likeness (QED) is 0.328. The predicted molar refractivity (Wildman–Crippen MR) is 128 cm³/mol. The van der Waals surface area contributed by atoms with E-state index in [9.17, 15) is 4.79 Å². The van der Waals surface area contributed by atoms with Crippen molar-refractivity contribution in [3.05, 3.63) is 96.4 Å². The fourth-order valence-corrected chi connectivity index (χ4v) is 3.06. The summed E-state index contributed by atoms with van der Waals surface area (Å²) in [6, 6.07) is 24.0. The second-order valence-corrected chi connectivity index (χ2v) is 7.15. The highest BCUT2D eigenvalue weighted by Crippen LogP contribution is 2.21. The number of ether oxygens (including phenoxy) is 1. The van der Waals surface area contributed by atoms with Gasteiger partial charge >= 0.3 is 0 Å². The summed E-state index contributed by atoms with van der Waals surface area (Å²) in [5, 5.41) is 9.26. The highest BCUT2D eigenvalue weighted by molar-refractivity contribution is 5.94. The van der Waals surface area contributed by atoms with Crippen molar-refractivity contribution < 1.29 is 9.53 Å². The number of pyridine rings is 1. The van der Waals surface area contributed by atoms with Gasteiger partial charge in [0.25, 0.3) is 5.91 Å². The standard InChI is InChI=1S/C25H24N6O2/c1-18-29-23(17-24(30-18)31-22-9-5-6-14-26-22)27-15-16-28-25(32)19-10-12-21(13-11-19)33-20-7-3-2-4-8-20/h2-14,17H,15-16H2,1H3,(H,28,32)(H2,26,27,29,30,31). The largest absolute Gasteiger partial charge is 0.457 e. The van der Waals surface area contributed by atoms with Crippen LogP contribution in [0.5, 0.6) is 11.5 Å². The Morgan fingerprint density at radius 3 is 2.30 bits per heavy atom. The van der Waals surface area contributed by atoms with Gasteiger partial charge in [-0.15, -0.1) is 0 Å². The maximum absolute atomic E-state index is 12.4. The zero-order valence-electron chi connectivity index (χ0n) is 18.2. The molecule has 2 heterocycles. The first-order valence-corrected chi connectivity index (χ1v) is 10.5. The number of para-hydroxylation sites is 1. The first-order valence-electron chi connectivity index (χ1n) is 10.5. The molecule has 1 amide bonds. The number of carbonyl (C=O) groups excluding carboxylic acids is 1. The number of amides is 1. The Balaban J connectivity index is 1.25. The molecule has 3 N–H and O–H groups in total. The van der Waals surface area contributed by atoms with E-state index in [1.807, 2.05) is 55.5 Å². The van der Waals surface area contributed by atoms with Gasteiger partial charge in [-0.2, -0.15) is 0 Å². The summed E-state index contributed by atoms with van der Waals surface area (Å²) in [6.45, 7) is 2.77. The SMILES string of the molecule is Cc1nc(NCCNC(=O)c2ccc(Oc3ccccc3)cc2)cc(Nc2ccccn2)n1. The molecule has 0 aliphatic carbocycles. The number of aromatic nitrogens is 3. The molecule has 0 unspecified atom stereocenters. The molecule has 33 heavy (non-hydrogen) atoms. The maximum atomic E-state index is 12.4. The van der Waals surface area contributed by atoms with Crippen LogP contribution in [0, 0.1) is 6.92 Å². The van der Waals surface area contributed by atoms with Crippen molar-refractivity contribution in [2.75, 3.05) is 23.7 Å². The number of anilines is 3. The van der Waals surface area contributed by atoms with Crippen molar-refractivity contribution in [3.63, 3.8) is 0 Å². The van der Waals surface area contributed by atoms with Gasteiger partial charge in [0.2, 0.25) is 0 Å². The second kappa shape index (κ2) is 10.7. The van der Waals surface area contributed by atoms with E-state index in [1.165, 1.54) is 0 Å². The third kappa shape index (κ3) is 6.51. The Morgan fingerprint density at radius 2 is 1.55 bits per heavy atom. The van der Waals surface area contributed by atoms with Crippen molar-refractivity contribution in [1.82, 2.24) is 20.3 Å². The molecule has 4 aromatic rings. The summed E-state index contributed by atoms with van der Waals surface area (Å²) < 4.78 is 5.75. The molecular formula is C25H24N6O2. The Hall–Kier alpha value is -4.46. The molecule has 0 aliphatic heterocycles. The third-order valence-corrected chi connectivity index (χ3v) is 4.57. The van der Waals surface area contributed by atoms with E-state index >= 15 is 0 Å². The summed E-state index contributed by atoms with van der Waals surface area (Å²) in [6.07, 6.45) is 1.71. The van der Waals surface area contributed by atoms with Gasteiger partial charge in [-0.1, -0.05) is 24.3 Å². The summed E-state index contributed by atoms with van der Waals surface area (Å²) in [5.41, 5.74) is 0.565. The minimum Gasteiger partial charge on any atom is -0.457 e. The summed E-state index contributed by atoms with van der Waals surface area (Å²) in [4.78, 5) is 25.4. The van der Waals surface area contributed by atoms with Gasteiger partial charge in [-0.25, -0.2) is 15.0 Å². The topological polar surface area (TPSA) is 101 Å². The second-order valence-electron chi connectivity index (χ2n) is 7.15. The molecule has 4 rings (SSSR count). The number of hydrogen-bond donors (Lipinski definition) is 3. The number of hydrogen-bond acceptors (Lipinski definition) is 7. The van der Waals surface area contributed by atoms with Gasteiger partial charge < -0.3 is 20.7 Å². The fourth-order valence-electron chi connectivity index (χ4n) is 3.06. The van der Waals surface area contributed by atoms with E-state index in [0.29, 0.717) is 47.7 Å². The molecule has 0 saturated heterocycles. The lowest BCUT2D eigenvalue weighted by Crippen LogP contribution is -2.28. The lowest BCUT2D eigenvalue weighted by Gasteiger charge is -2.11. The molecule has 0 bridgehead atoms. The molecule has 8 heteroatoms. The molecule has 0 spiro atoms. The van der Waals surface area contributed by atoms with Crippen molar-refractivity contribution in [3.8, 4) is 11.5 Å². The van der Waals surface area contributed by atoms with E-state index in [2.05, 4.69) is 30.9 Å². The average molecular weight is 441 g/mol. The van der Waals surface area contributed by atoms with E-state index in [0.717, 1.165) is 5.75 Å². The Labute approximate surface area is 192 Å². The van der Waals surface area contributed by atoms with Crippen molar-refractivity contribution >= 4 is 23.4 Å². The van der Waals surface area contributed by atoms with Gasteiger partial charge in [0, 0.05) is 30.9 Å². The highest BCUT2D eigenvalue weighted by atomic mass is 16.5. The normalized spacial score (nSPS) is 10.3. The smallest absolute Gasteiger partial charge is 0.251 e. The lowest BCUT2D eigenvalue weighted by molar-refractivity contribution is 0.0955. The van der Waals surface area contributed by atoms with E-state index < -0.39 is 0 Å². The van der Waals surface area contributed by atoms with Crippen molar-refractivity contribution in [2.24, 2.45) is 0 Å². The number of aryl methyl sites for hydroxylation is 1. The number of benzene rings is 2. The monoisotopic (exact) mass is 440 g/mol. The number of nitrogens with one attached hydrogen (secondary N) is 3. The Kier molecular flexibility index (Phi) is 7.07. The molecule has 2 aromatic heterocycles. The summed E-state index contributed by atoms with van der Waals surface area (Å²) in [7, 11) is 0. The van der Waals surface area contributed by atoms with Gasteiger partial charge in [0.15, 0.2) is 0 Å². The van der Waals surface area contributed by atoms with Crippen molar-refractivity contribution in [2.45, 2.75) is 6.92 Å². The first kappa shape index (κ1) is 21.8. The maximum Gasteiger partial charge on any atom is 0.251 e. The van der Waals surface area contributed by atoms with Crippen LogP contribution in [0.25, 0.3) is 0 Å². The van der Waals surface area contributed by atoms with E-state index in [1.54, 1.807) is 36.5 Å². The molecule has 0 radical (unpaired) electrons. The highest BCUT2D eigenvalue weighted by Gasteiger charge is 2.07. The molecule has 2 aromatic carbocycles. The molecule has 0 fully saturated rings. The molecule has 0 saturated carbocycles. The molecular weight excluding hydrogens is 416 g/mol. The van der Waals surface area contributed by atoms with Gasteiger partial charge in [-0.3, -0.25) is 4.79 Å². The summed E-state index contributed by atoms with van der Waals surface area (Å²) >= 11 is 0. The Morgan fingerprint density at radius 1 is 0.818 bits per heavy atom. The fraction of sp³-hybridized carbons (Fsp3) is 0.120. The Bertz CT molecular complexity index is 1180. The first-order chi connectivity index (χ1) is 16.2. The van der Waals surface area contributed by atoms with Crippen LogP contribution in [0.3, 0.4) is 0 Å². The van der Waals surface area contributed by atoms with Crippen LogP contribution in [-0.2, 0) is 0 Å². The lowest BCUT2D eigenvalue weighted by atomic mass is 10.2. The van der Waals surface area contributed by atoms with E-state index in [4.69, 9.17) is 4.74 Å². The molecule has 166 valence electrons. The van der Waals surface area contributed by atoms with Gasteiger partial charge in [0.05, 0.1) is 0 Å². The predicted octanol–water partition coefficient (Wildman–Crippen LogP) is 4.56. The average Bonchev–Trinajstić information content (AvgIpc) is 2.83. The van der Waals surface area contributed by atoms with E-state index in [-0.39, 0.29) is 5.91 Å². The van der Waals surface area contributed by atoms with Crippen molar-refractivity contribution in [1.29, 1.82) is 0 Å². The molecule has 0 atom stereocenters. The minimum absolute atomic E-state index is 0.153. The van der Waals surface area contributed by atoms with Crippen LogP contribution in [0.15, 0.2) is 85.1 Å². The van der Waals surface area contributed by atoms with Gasteiger partial charge in [0.1, 0.15) is 34.8 Å². The third-order valence-electron chi connectivity index (χ3n) is 4.57. The molecule has 8 nitrogen and oxygen atoms in total. The van der Waals surface area contributed by atoms with Crippen LogP contribution in [0.4, 0.5) is 17.5 Å². The number of rotatable bonds is 9. The number of nitrogens with zero attached hydrogens (tertiary/aromatic N) is 3. The number of carbonyl (C=O) groups is 1. The summed E-state index contributed by atoms with van der Waals surface area (Å²) in [5.74, 6) is 3.91. The van der Waals surface area contributed by atoms with Crippen LogP contribution < -0.4 is 20.7 Å². The van der Waals surface area contributed by atoms with Gasteiger partial charge in [-0.05, 0) is 55.5 Å². The van der Waals surface area contributed by atoms with Crippen LogP contribution in [0.1, 0.15) is 16.2 Å². The van der Waals surface area contributed by atoms with Crippen LogP contribution in [0.2, 0.25) is 0 Å². The van der Waals surface area contributed by atoms with Crippen LogP contribution >= 0.6 is 0 Å². The zero-order chi connectivity index (χ0) is 22.9. The molecule has 0 aliphatic rings. The van der Waals surface area contributed by atoms with Crippen LogP contribution in [-0.4, -0.2) is 33.9 Å². The minimum atomic E-state index is -0.153.